The van der Waals surface area contributed by atoms with Crippen LogP contribution in [-0.4, -0.2) is 24.8 Å². The van der Waals surface area contributed by atoms with Gasteiger partial charge in [-0.3, -0.25) is 4.79 Å². The van der Waals surface area contributed by atoms with E-state index in [1.165, 1.54) is 13.0 Å². The molecule has 0 amide bonds. The van der Waals surface area contributed by atoms with Crippen molar-refractivity contribution in [1.29, 1.82) is 0 Å². The predicted octanol–water partition coefficient (Wildman–Crippen LogP) is 0.344. The smallest absolute Gasteiger partial charge is 0.302 e. The van der Waals surface area contributed by atoms with Crippen LogP contribution in [0.3, 0.4) is 0 Å². The topological polar surface area (TPSA) is 46.5 Å². The van der Waals surface area contributed by atoms with Gasteiger partial charge >= 0.3 is 5.97 Å². The van der Waals surface area contributed by atoms with Crippen molar-refractivity contribution in [3.05, 3.63) is 12.7 Å². The lowest BCUT2D eigenvalue weighted by molar-refractivity contribution is -0.139. The van der Waals surface area contributed by atoms with Crippen molar-refractivity contribution in [2.45, 2.75) is 6.92 Å². The third-order valence-corrected chi connectivity index (χ3v) is 0.404. The van der Waals surface area contributed by atoms with Gasteiger partial charge in [0.05, 0.1) is 0 Å². The van der Waals surface area contributed by atoms with Crippen LogP contribution in [0.2, 0.25) is 0 Å². The van der Waals surface area contributed by atoms with Crippen molar-refractivity contribution in [3.8, 4) is 0 Å². The van der Waals surface area contributed by atoms with Gasteiger partial charge in [0.1, 0.15) is 6.61 Å². The van der Waals surface area contributed by atoms with Crippen LogP contribution < -0.4 is 0 Å². The van der Waals surface area contributed by atoms with E-state index >= 15 is 0 Å². The lowest BCUT2D eigenvalue weighted by Gasteiger charge is -1.90. The van der Waals surface area contributed by atoms with Gasteiger partial charge in [-0.05, 0) is 0 Å². The van der Waals surface area contributed by atoms with Crippen LogP contribution in [-0.2, 0) is 9.53 Å². The molecule has 0 spiro atoms. The number of rotatable bonds is 2. The Morgan fingerprint density at radius 3 is 2.33 bits per heavy atom. The van der Waals surface area contributed by atoms with Crippen molar-refractivity contribution in [1.82, 2.24) is 0 Å². The molecule has 0 unspecified atom stereocenters. The fourth-order valence-corrected chi connectivity index (χ4v) is 0.176. The molecule has 0 bridgehead atoms. The monoisotopic (exact) mass is 132 g/mol. The molecule has 0 rings (SSSR count). The zero-order valence-corrected chi connectivity index (χ0v) is 5.76. The minimum atomic E-state index is -0.264. The maximum atomic E-state index is 9.93. The van der Waals surface area contributed by atoms with Gasteiger partial charge in [0.2, 0.25) is 0 Å². The summed E-state index contributed by atoms with van der Waals surface area (Å²) in [5.41, 5.74) is 0. The molecule has 0 fully saturated rings. The molecule has 0 saturated carbocycles. The Balaban J connectivity index is 0. The molecule has 0 heterocycles. The molecule has 0 aliphatic rings. The summed E-state index contributed by atoms with van der Waals surface area (Å²) in [6.07, 6.45) is 1.53. The minimum absolute atomic E-state index is 0.264. The molecular weight excluding hydrogens is 120 g/mol. The van der Waals surface area contributed by atoms with Gasteiger partial charge in [0.25, 0.3) is 0 Å². The number of ether oxygens (including phenoxy) is 1. The van der Waals surface area contributed by atoms with Crippen LogP contribution >= 0.6 is 0 Å². The molecule has 0 atom stereocenters. The number of aliphatic hydroxyl groups is 1. The predicted molar refractivity (Wildman–Crippen MR) is 35.0 cm³/mol. The number of hydrogen-bond acceptors (Lipinski definition) is 3. The Bertz CT molecular complexity index is 78.4. The maximum Gasteiger partial charge on any atom is 0.302 e. The standard InChI is InChI=1S/C5H8O2.CH4O/c1-3-4-7-5(2)6;1-2/h3H,1,4H2,2H3;2H,1H3. The highest BCUT2D eigenvalue weighted by atomic mass is 16.5. The summed E-state index contributed by atoms with van der Waals surface area (Å²) in [7, 11) is 1.00. The van der Waals surface area contributed by atoms with E-state index < -0.39 is 0 Å². The van der Waals surface area contributed by atoms with Crippen molar-refractivity contribution < 1.29 is 14.6 Å². The fraction of sp³-hybridized carbons (Fsp3) is 0.500. The lowest BCUT2D eigenvalue weighted by Crippen LogP contribution is -1.96. The quantitative estimate of drug-likeness (QED) is 0.435. The molecule has 3 nitrogen and oxygen atoms in total. The van der Waals surface area contributed by atoms with Gasteiger partial charge < -0.3 is 9.84 Å². The summed E-state index contributed by atoms with van der Waals surface area (Å²) in [5, 5.41) is 7.00. The average Bonchev–Trinajstić information content (AvgIpc) is 1.88. The maximum absolute atomic E-state index is 9.93. The summed E-state index contributed by atoms with van der Waals surface area (Å²) in [6.45, 7) is 5.03. The van der Waals surface area contributed by atoms with E-state index in [0.29, 0.717) is 6.61 Å². The van der Waals surface area contributed by atoms with Gasteiger partial charge in [-0.2, -0.15) is 0 Å². The van der Waals surface area contributed by atoms with Gasteiger partial charge in [-0.25, -0.2) is 0 Å². The van der Waals surface area contributed by atoms with Crippen LogP contribution in [0.25, 0.3) is 0 Å². The normalized spacial score (nSPS) is 6.56. The number of carbonyl (C=O) groups is 1. The Hall–Kier alpha value is -0.830. The summed E-state index contributed by atoms with van der Waals surface area (Å²) < 4.78 is 4.43. The first-order chi connectivity index (χ1) is 4.27. The molecule has 0 saturated heterocycles. The molecule has 0 aromatic carbocycles. The molecule has 0 aliphatic heterocycles. The summed E-state index contributed by atoms with van der Waals surface area (Å²) in [6, 6.07) is 0. The van der Waals surface area contributed by atoms with Crippen molar-refractivity contribution in [2.75, 3.05) is 13.7 Å². The van der Waals surface area contributed by atoms with Gasteiger partial charge in [0.15, 0.2) is 0 Å². The molecule has 9 heavy (non-hydrogen) atoms. The molecule has 0 aromatic heterocycles. The van der Waals surface area contributed by atoms with Crippen LogP contribution in [0.4, 0.5) is 0 Å². The molecule has 0 aromatic rings. The highest BCUT2D eigenvalue weighted by Crippen LogP contribution is 1.73. The van der Waals surface area contributed by atoms with E-state index in [0.717, 1.165) is 7.11 Å². The van der Waals surface area contributed by atoms with Crippen LogP contribution in [0.1, 0.15) is 6.92 Å². The number of aliphatic hydroxyl groups excluding tert-OH is 1. The van der Waals surface area contributed by atoms with Crippen molar-refractivity contribution in [3.63, 3.8) is 0 Å². The highest BCUT2D eigenvalue weighted by Gasteiger charge is 1.83. The van der Waals surface area contributed by atoms with E-state index in [1.54, 1.807) is 0 Å². The molecule has 0 aliphatic carbocycles. The summed E-state index contributed by atoms with van der Waals surface area (Å²) in [5.74, 6) is -0.264. The number of hydrogen-bond donors (Lipinski definition) is 1. The first-order valence-corrected chi connectivity index (χ1v) is 2.46. The van der Waals surface area contributed by atoms with Crippen molar-refractivity contribution in [2.24, 2.45) is 0 Å². The second kappa shape index (κ2) is 10.2. The zero-order valence-electron chi connectivity index (χ0n) is 5.76. The first-order valence-electron chi connectivity index (χ1n) is 2.46. The molecule has 3 heteroatoms. The van der Waals surface area contributed by atoms with E-state index in [4.69, 9.17) is 5.11 Å². The first kappa shape index (κ1) is 11.0. The lowest BCUT2D eigenvalue weighted by atomic mass is 10.7. The second-order valence-corrected chi connectivity index (χ2v) is 1.09. The minimum Gasteiger partial charge on any atom is -0.462 e. The molecular formula is C6H12O3. The Labute approximate surface area is 54.9 Å². The average molecular weight is 132 g/mol. The highest BCUT2D eigenvalue weighted by molar-refractivity contribution is 5.65. The molecule has 0 radical (unpaired) electrons. The molecule has 1 N–H and O–H groups in total. The number of carbonyl (C=O) groups excluding carboxylic acids is 1. The van der Waals surface area contributed by atoms with Crippen LogP contribution in [0, 0.1) is 0 Å². The Morgan fingerprint density at radius 1 is 1.78 bits per heavy atom. The fourth-order valence-electron chi connectivity index (χ4n) is 0.176. The van der Waals surface area contributed by atoms with Crippen LogP contribution in [0.5, 0.6) is 0 Å². The summed E-state index contributed by atoms with van der Waals surface area (Å²) >= 11 is 0. The SMILES string of the molecule is C=CCOC(C)=O.CO. The van der Waals surface area contributed by atoms with E-state index in [9.17, 15) is 4.79 Å². The summed E-state index contributed by atoms with van der Waals surface area (Å²) in [4.78, 5) is 9.93. The number of esters is 1. The third-order valence-electron chi connectivity index (χ3n) is 0.404. The van der Waals surface area contributed by atoms with Crippen molar-refractivity contribution >= 4 is 5.97 Å². The zero-order chi connectivity index (χ0) is 7.70. The van der Waals surface area contributed by atoms with Gasteiger partial charge in [0, 0.05) is 14.0 Å². The second-order valence-electron chi connectivity index (χ2n) is 1.09. The van der Waals surface area contributed by atoms with E-state index in [1.807, 2.05) is 0 Å². The largest absolute Gasteiger partial charge is 0.462 e. The molecule has 54 valence electrons. The van der Waals surface area contributed by atoms with Gasteiger partial charge in [-0.15, -0.1) is 0 Å². The van der Waals surface area contributed by atoms with Gasteiger partial charge in [-0.1, -0.05) is 12.7 Å². The van der Waals surface area contributed by atoms with Crippen LogP contribution in [0.15, 0.2) is 12.7 Å². The van der Waals surface area contributed by atoms with E-state index in [2.05, 4.69) is 11.3 Å². The Morgan fingerprint density at radius 2 is 2.22 bits per heavy atom. The third kappa shape index (κ3) is 19.1. The Kier molecular flexibility index (Phi) is 12.5. The van der Waals surface area contributed by atoms with E-state index in [-0.39, 0.29) is 5.97 Å².